The molecule has 4 nitrogen and oxygen atoms in total. The topological polar surface area (TPSA) is 47.6 Å². The molecule has 1 heterocycles. The first-order valence-corrected chi connectivity index (χ1v) is 6.83. The second-order valence-corrected chi connectivity index (χ2v) is 5.75. The van der Waals surface area contributed by atoms with Crippen LogP contribution in [0.4, 0.5) is 4.79 Å². The molecule has 1 aliphatic heterocycles. The van der Waals surface area contributed by atoms with Gasteiger partial charge in [-0.1, -0.05) is 18.2 Å². The van der Waals surface area contributed by atoms with Crippen molar-refractivity contribution in [1.82, 2.24) is 5.32 Å². The summed E-state index contributed by atoms with van der Waals surface area (Å²) in [6, 6.07) is 6.11. The van der Waals surface area contributed by atoms with Crippen LogP contribution in [0.3, 0.4) is 0 Å². The zero-order valence-corrected chi connectivity index (χ0v) is 12.2. The van der Waals surface area contributed by atoms with Gasteiger partial charge in [-0.2, -0.15) is 0 Å². The molecule has 2 rings (SSSR count). The van der Waals surface area contributed by atoms with Crippen molar-refractivity contribution in [3.63, 3.8) is 0 Å². The standard InChI is InChI=1S/C16H21NO3/c1-16(2,3)20-15(18)17-9-4-5-12-6-7-14-13(11-12)8-10-19-14/h4-7,11H,8-10H2,1-3H3,(H,17,18). The summed E-state index contributed by atoms with van der Waals surface area (Å²) in [5, 5.41) is 2.69. The van der Waals surface area contributed by atoms with Crippen LogP contribution in [-0.2, 0) is 11.2 Å². The highest BCUT2D eigenvalue weighted by Crippen LogP contribution is 2.26. The third-order valence-electron chi connectivity index (χ3n) is 2.79. The van der Waals surface area contributed by atoms with Gasteiger partial charge in [0.15, 0.2) is 0 Å². The number of amides is 1. The lowest BCUT2D eigenvalue weighted by Gasteiger charge is -2.19. The van der Waals surface area contributed by atoms with Gasteiger partial charge in [0.25, 0.3) is 0 Å². The van der Waals surface area contributed by atoms with Gasteiger partial charge in [-0.25, -0.2) is 4.79 Å². The number of hydrogen-bond acceptors (Lipinski definition) is 3. The van der Waals surface area contributed by atoms with E-state index in [1.54, 1.807) is 0 Å². The van der Waals surface area contributed by atoms with E-state index >= 15 is 0 Å². The lowest BCUT2D eigenvalue weighted by Crippen LogP contribution is -2.32. The second-order valence-electron chi connectivity index (χ2n) is 5.75. The summed E-state index contributed by atoms with van der Waals surface area (Å²) >= 11 is 0. The Morgan fingerprint density at radius 2 is 2.25 bits per heavy atom. The van der Waals surface area contributed by atoms with Gasteiger partial charge in [0.2, 0.25) is 0 Å². The number of ether oxygens (including phenoxy) is 2. The normalized spacial score (nSPS) is 13.9. The fraction of sp³-hybridized carbons (Fsp3) is 0.438. The molecule has 1 aromatic carbocycles. The summed E-state index contributed by atoms with van der Waals surface area (Å²) in [5.74, 6) is 0.981. The molecule has 4 heteroatoms. The van der Waals surface area contributed by atoms with E-state index in [1.807, 2.05) is 45.1 Å². The summed E-state index contributed by atoms with van der Waals surface area (Å²) in [6.07, 6.45) is 4.45. The van der Waals surface area contributed by atoms with E-state index in [-0.39, 0.29) is 0 Å². The average molecular weight is 275 g/mol. The molecular formula is C16H21NO3. The fourth-order valence-corrected chi connectivity index (χ4v) is 1.96. The molecule has 0 radical (unpaired) electrons. The summed E-state index contributed by atoms with van der Waals surface area (Å²) in [4.78, 5) is 11.4. The SMILES string of the molecule is CC(C)(C)OC(=O)NCC=Cc1ccc2c(c1)CCO2. The zero-order chi connectivity index (χ0) is 14.6. The Hall–Kier alpha value is -1.97. The first kappa shape index (κ1) is 14.4. The predicted octanol–water partition coefficient (Wildman–Crippen LogP) is 3.16. The number of carbonyl (C=O) groups excluding carboxylic acids is 1. The Morgan fingerprint density at radius 1 is 1.45 bits per heavy atom. The quantitative estimate of drug-likeness (QED) is 0.921. The van der Waals surface area contributed by atoms with E-state index in [9.17, 15) is 4.79 Å². The number of hydrogen-bond donors (Lipinski definition) is 1. The molecule has 0 bridgehead atoms. The minimum atomic E-state index is -0.465. The molecule has 1 aromatic rings. The Morgan fingerprint density at radius 3 is 3.00 bits per heavy atom. The van der Waals surface area contributed by atoms with Crippen molar-refractivity contribution in [2.45, 2.75) is 32.8 Å². The van der Waals surface area contributed by atoms with Crippen LogP contribution in [0.15, 0.2) is 24.3 Å². The minimum absolute atomic E-state index is 0.399. The number of alkyl carbamates (subject to hydrolysis) is 1. The second kappa shape index (κ2) is 5.99. The number of benzene rings is 1. The van der Waals surface area contributed by atoms with Crippen LogP contribution in [0.1, 0.15) is 31.9 Å². The predicted molar refractivity (Wildman–Crippen MR) is 78.9 cm³/mol. The van der Waals surface area contributed by atoms with Gasteiger partial charge in [0.05, 0.1) is 6.61 Å². The summed E-state index contributed by atoms with van der Waals surface area (Å²) < 4.78 is 10.6. The third kappa shape index (κ3) is 4.30. The smallest absolute Gasteiger partial charge is 0.407 e. The van der Waals surface area contributed by atoms with E-state index in [1.165, 1.54) is 5.56 Å². The van der Waals surface area contributed by atoms with E-state index in [2.05, 4.69) is 11.4 Å². The lowest BCUT2D eigenvalue weighted by molar-refractivity contribution is 0.0534. The number of rotatable bonds is 3. The number of carbonyl (C=O) groups is 1. The molecule has 1 amide bonds. The van der Waals surface area contributed by atoms with E-state index in [0.717, 1.165) is 24.3 Å². The van der Waals surface area contributed by atoms with Crippen molar-refractivity contribution in [2.75, 3.05) is 13.2 Å². The first-order valence-electron chi connectivity index (χ1n) is 6.83. The molecule has 0 aliphatic carbocycles. The molecule has 0 spiro atoms. The van der Waals surface area contributed by atoms with Crippen LogP contribution in [0.25, 0.3) is 6.08 Å². The van der Waals surface area contributed by atoms with Crippen molar-refractivity contribution < 1.29 is 14.3 Å². The van der Waals surface area contributed by atoms with Crippen molar-refractivity contribution in [1.29, 1.82) is 0 Å². The van der Waals surface area contributed by atoms with E-state index in [0.29, 0.717) is 6.54 Å². The monoisotopic (exact) mass is 275 g/mol. The molecular weight excluding hydrogens is 254 g/mol. The average Bonchev–Trinajstić information content (AvgIpc) is 2.79. The van der Waals surface area contributed by atoms with Gasteiger partial charge in [0.1, 0.15) is 11.4 Å². The van der Waals surface area contributed by atoms with Gasteiger partial charge in [-0.15, -0.1) is 0 Å². The van der Waals surface area contributed by atoms with Gasteiger partial charge >= 0.3 is 6.09 Å². The summed E-state index contributed by atoms with van der Waals surface area (Å²) in [7, 11) is 0. The van der Waals surface area contributed by atoms with Crippen LogP contribution in [0.5, 0.6) is 5.75 Å². The molecule has 0 saturated heterocycles. The van der Waals surface area contributed by atoms with E-state index < -0.39 is 11.7 Å². The minimum Gasteiger partial charge on any atom is -0.493 e. The zero-order valence-electron chi connectivity index (χ0n) is 12.2. The highest BCUT2D eigenvalue weighted by Gasteiger charge is 2.15. The molecule has 0 aromatic heterocycles. The largest absolute Gasteiger partial charge is 0.493 e. The Kier molecular flexibility index (Phi) is 4.32. The highest BCUT2D eigenvalue weighted by molar-refractivity contribution is 5.68. The Bertz CT molecular complexity index is 515. The van der Waals surface area contributed by atoms with Crippen LogP contribution < -0.4 is 10.1 Å². The first-order chi connectivity index (χ1) is 9.44. The maximum absolute atomic E-state index is 11.4. The van der Waals surface area contributed by atoms with Crippen LogP contribution in [0.2, 0.25) is 0 Å². The lowest BCUT2D eigenvalue weighted by atomic mass is 10.1. The van der Waals surface area contributed by atoms with Crippen LogP contribution >= 0.6 is 0 Å². The van der Waals surface area contributed by atoms with Gasteiger partial charge < -0.3 is 14.8 Å². The molecule has 1 aliphatic rings. The van der Waals surface area contributed by atoms with Crippen molar-refractivity contribution >= 4 is 12.2 Å². The Labute approximate surface area is 119 Å². The van der Waals surface area contributed by atoms with Crippen LogP contribution in [0, 0.1) is 0 Å². The maximum Gasteiger partial charge on any atom is 0.407 e. The van der Waals surface area contributed by atoms with E-state index in [4.69, 9.17) is 9.47 Å². The molecule has 1 N–H and O–H groups in total. The Balaban J connectivity index is 1.81. The summed E-state index contributed by atoms with van der Waals surface area (Å²) in [6.45, 7) is 6.74. The van der Waals surface area contributed by atoms with Crippen molar-refractivity contribution in [3.05, 3.63) is 35.4 Å². The molecule has 0 unspecified atom stereocenters. The van der Waals surface area contributed by atoms with Crippen molar-refractivity contribution in [2.24, 2.45) is 0 Å². The molecule has 0 saturated carbocycles. The number of fused-ring (bicyclic) bond motifs is 1. The van der Waals surface area contributed by atoms with Gasteiger partial charge in [-0.3, -0.25) is 0 Å². The van der Waals surface area contributed by atoms with Gasteiger partial charge in [0, 0.05) is 13.0 Å². The number of nitrogens with one attached hydrogen (secondary N) is 1. The highest BCUT2D eigenvalue weighted by atomic mass is 16.6. The van der Waals surface area contributed by atoms with Gasteiger partial charge in [-0.05, 0) is 44.0 Å². The molecule has 0 fully saturated rings. The molecule has 20 heavy (non-hydrogen) atoms. The maximum atomic E-state index is 11.4. The fourth-order valence-electron chi connectivity index (χ4n) is 1.96. The molecule has 108 valence electrons. The molecule has 0 atom stereocenters. The third-order valence-corrected chi connectivity index (χ3v) is 2.79. The summed E-state index contributed by atoms with van der Waals surface area (Å²) in [5.41, 5.74) is 1.89. The van der Waals surface area contributed by atoms with Crippen LogP contribution in [-0.4, -0.2) is 24.8 Å². The van der Waals surface area contributed by atoms with Crippen molar-refractivity contribution in [3.8, 4) is 5.75 Å².